The zero-order valence-electron chi connectivity index (χ0n) is 9.99. The second kappa shape index (κ2) is 7.10. The fourth-order valence-corrected chi connectivity index (χ4v) is 1.79. The minimum Gasteiger partial charge on any atom is -0.481 e. The first-order valence-corrected chi connectivity index (χ1v) is 5.83. The number of aliphatic carboxylic acids is 1. The third kappa shape index (κ3) is 4.10. The van der Waals surface area contributed by atoms with Crippen molar-refractivity contribution in [3.8, 4) is 0 Å². The van der Waals surface area contributed by atoms with Crippen molar-refractivity contribution in [2.24, 2.45) is 0 Å². The molecule has 0 bridgehead atoms. The van der Waals surface area contributed by atoms with Gasteiger partial charge in [-0.3, -0.25) is 4.79 Å². The molecule has 0 heterocycles. The lowest BCUT2D eigenvalue weighted by Crippen LogP contribution is -2.20. The van der Waals surface area contributed by atoms with Crippen LogP contribution in [0.1, 0.15) is 30.1 Å². The molecule has 0 amide bonds. The quantitative estimate of drug-likeness (QED) is 0.567. The van der Waals surface area contributed by atoms with Crippen molar-refractivity contribution in [1.82, 2.24) is 0 Å². The van der Waals surface area contributed by atoms with Crippen molar-refractivity contribution in [2.75, 3.05) is 6.61 Å². The van der Waals surface area contributed by atoms with E-state index in [4.69, 9.17) is 10.2 Å². The summed E-state index contributed by atoms with van der Waals surface area (Å²) in [6.45, 7) is -0.213. The average Bonchev–Trinajstić information content (AvgIpc) is 2.36. The van der Waals surface area contributed by atoms with Crippen molar-refractivity contribution >= 4 is 5.97 Å². The summed E-state index contributed by atoms with van der Waals surface area (Å²) < 4.78 is 0. The van der Waals surface area contributed by atoms with Gasteiger partial charge in [0.05, 0.1) is 6.10 Å². The molecule has 1 aromatic rings. The molecule has 2 atom stereocenters. The van der Waals surface area contributed by atoms with Crippen LogP contribution >= 0.6 is 0 Å². The topological polar surface area (TPSA) is 98.0 Å². The van der Waals surface area contributed by atoms with E-state index in [1.165, 1.54) is 0 Å². The van der Waals surface area contributed by atoms with Gasteiger partial charge >= 0.3 is 5.97 Å². The highest BCUT2D eigenvalue weighted by Gasteiger charge is 2.20. The number of carboxylic acids is 1. The van der Waals surface area contributed by atoms with Crippen molar-refractivity contribution < 1.29 is 25.2 Å². The largest absolute Gasteiger partial charge is 0.481 e. The van der Waals surface area contributed by atoms with Crippen LogP contribution in [0.25, 0.3) is 0 Å². The first kappa shape index (κ1) is 14.6. The Morgan fingerprint density at radius 1 is 1.22 bits per heavy atom. The van der Waals surface area contributed by atoms with E-state index in [9.17, 15) is 15.0 Å². The number of hydrogen-bond acceptors (Lipinski definition) is 4. The lowest BCUT2D eigenvalue weighted by molar-refractivity contribution is -0.136. The highest BCUT2D eigenvalue weighted by molar-refractivity contribution is 5.67. The SMILES string of the molecule is O=C(O)CCc1ccccc1C(O)C(O)CCO. The van der Waals surface area contributed by atoms with Gasteiger partial charge in [0.2, 0.25) is 0 Å². The van der Waals surface area contributed by atoms with Crippen LogP contribution in [0, 0.1) is 0 Å². The maximum Gasteiger partial charge on any atom is 0.303 e. The number of aliphatic hydroxyl groups is 3. The molecule has 100 valence electrons. The number of carboxylic acid groups (broad SMARTS) is 1. The minimum atomic E-state index is -1.11. The Hall–Kier alpha value is -1.43. The van der Waals surface area contributed by atoms with Crippen LogP contribution in [0.15, 0.2) is 24.3 Å². The molecule has 2 unspecified atom stereocenters. The molecule has 5 nitrogen and oxygen atoms in total. The molecule has 0 fully saturated rings. The summed E-state index contributed by atoms with van der Waals surface area (Å²) in [4.78, 5) is 10.5. The fraction of sp³-hybridized carbons (Fsp3) is 0.462. The molecule has 0 aromatic heterocycles. The van der Waals surface area contributed by atoms with Gasteiger partial charge in [-0.05, 0) is 24.0 Å². The van der Waals surface area contributed by atoms with Gasteiger partial charge in [0, 0.05) is 13.0 Å². The van der Waals surface area contributed by atoms with E-state index in [-0.39, 0.29) is 19.4 Å². The van der Waals surface area contributed by atoms with Crippen molar-refractivity contribution in [1.29, 1.82) is 0 Å². The molecule has 0 aliphatic heterocycles. The second-order valence-electron chi connectivity index (χ2n) is 4.12. The van der Waals surface area contributed by atoms with E-state index in [2.05, 4.69) is 0 Å². The van der Waals surface area contributed by atoms with E-state index in [0.29, 0.717) is 17.5 Å². The lowest BCUT2D eigenvalue weighted by atomic mass is 9.95. The van der Waals surface area contributed by atoms with Crippen LogP contribution in [0.4, 0.5) is 0 Å². The number of carbonyl (C=O) groups is 1. The summed E-state index contributed by atoms with van der Waals surface area (Å²) in [5.41, 5.74) is 1.21. The van der Waals surface area contributed by atoms with Crippen LogP contribution in [0.5, 0.6) is 0 Å². The van der Waals surface area contributed by atoms with Crippen LogP contribution in [0.3, 0.4) is 0 Å². The Morgan fingerprint density at radius 2 is 1.89 bits per heavy atom. The summed E-state index contributed by atoms with van der Waals surface area (Å²) in [5, 5.41) is 37.0. The van der Waals surface area contributed by atoms with Gasteiger partial charge in [0.25, 0.3) is 0 Å². The van der Waals surface area contributed by atoms with Crippen LogP contribution in [-0.4, -0.2) is 39.1 Å². The molecular formula is C13H18O5. The second-order valence-corrected chi connectivity index (χ2v) is 4.12. The van der Waals surface area contributed by atoms with E-state index in [0.717, 1.165) is 0 Å². The molecule has 0 aliphatic carbocycles. The summed E-state index contributed by atoms with van der Waals surface area (Å²) in [6.07, 6.45) is -1.81. The predicted octanol–water partition coefficient (Wildman–Crippen LogP) is 0.480. The molecule has 0 saturated carbocycles. The van der Waals surface area contributed by atoms with E-state index in [1.807, 2.05) is 0 Å². The van der Waals surface area contributed by atoms with Crippen molar-refractivity contribution in [3.63, 3.8) is 0 Å². The van der Waals surface area contributed by atoms with Crippen LogP contribution in [-0.2, 0) is 11.2 Å². The maximum atomic E-state index is 10.5. The molecule has 0 spiro atoms. The number of benzene rings is 1. The summed E-state index contributed by atoms with van der Waals surface area (Å²) in [6, 6.07) is 6.86. The van der Waals surface area contributed by atoms with Gasteiger partial charge < -0.3 is 20.4 Å². The van der Waals surface area contributed by atoms with Gasteiger partial charge in [-0.1, -0.05) is 24.3 Å². The Bertz CT molecular complexity index is 391. The minimum absolute atomic E-state index is 0.0279. The number of rotatable bonds is 7. The van der Waals surface area contributed by atoms with Gasteiger partial charge in [0.1, 0.15) is 6.10 Å². The van der Waals surface area contributed by atoms with Crippen molar-refractivity contribution in [2.45, 2.75) is 31.5 Å². The number of hydrogen-bond donors (Lipinski definition) is 4. The molecule has 1 aromatic carbocycles. The van der Waals surface area contributed by atoms with Crippen LogP contribution in [0.2, 0.25) is 0 Å². The number of aliphatic hydroxyl groups excluding tert-OH is 3. The summed E-state index contributed by atoms with van der Waals surface area (Å²) >= 11 is 0. The standard InChI is InChI=1S/C13H18O5/c14-8-7-11(15)13(18)10-4-2-1-3-9(10)5-6-12(16)17/h1-4,11,13-15,18H,5-8H2,(H,16,17). The predicted molar refractivity (Wildman–Crippen MR) is 65.1 cm³/mol. The number of aryl methyl sites for hydroxylation is 1. The first-order valence-electron chi connectivity index (χ1n) is 5.83. The molecule has 0 aliphatic rings. The Kier molecular flexibility index (Phi) is 5.77. The smallest absolute Gasteiger partial charge is 0.303 e. The third-order valence-electron chi connectivity index (χ3n) is 2.77. The maximum absolute atomic E-state index is 10.5. The average molecular weight is 254 g/mol. The molecule has 18 heavy (non-hydrogen) atoms. The third-order valence-corrected chi connectivity index (χ3v) is 2.77. The van der Waals surface area contributed by atoms with Gasteiger partial charge in [-0.2, -0.15) is 0 Å². The summed E-state index contributed by atoms with van der Waals surface area (Å²) in [7, 11) is 0. The van der Waals surface area contributed by atoms with E-state index < -0.39 is 18.2 Å². The van der Waals surface area contributed by atoms with Gasteiger partial charge in [-0.25, -0.2) is 0 Å². The lowest BCUT2D eigenvalue weighted by Gasteiger charge is -2.20. The first-order chi connectivity index (χ1) is 8.56. The highest BCUT2D eigenvalue weighted by Crippen LogP contribution is 2.23. The summed E-state index contributed by atoms with van der Waals surface area (Å²) in [5.74, 6) is -0.907. The molecule has 0 radical (unpaired) electrons. The normalized spacial score (nSPS) is 14.2. The van der Waals surface area contributed by atoms with E-state index >= 15 is 0 Å². The van der Waals surface area contributed by atoms with Gasteiger partial charge in [-0.15, -0.1) is 0 Å². The monoisotopic (exact) mass is 254 g/mol. The Morgan fingerprint density at radius 3 is 2.50 bits per heavy atom. The molecule has 0 saturated heterocycles. The van der Waals surface area contributed by atoms with Gasteiger partial charge in [0.15, 0.2) is 0 Å². The van der Waals surface area contributed by atoms with E-state index in [1.54, 1.807) is 24.3 Å². The molecule has 4 N–H and O–H groups in total. The molecule has 5 heteroatoms. The highest BCUT2D eigenvalue weighted by atomic mass is 16.4. The Labute approximate surface area is 105 Å². The van der Waals surface area contributed by atoms with Crippen LogP contribution < -0.4 is 0 Å². The zero-order chi connectivity index (χ0) is 13.5. The van der Waals surface area contributed by atoms with Crippen molar-refractivity contribution in [3.05, 3.63) is 35.4 Å². The zero-order valence-corrected chi connectivity index (χ0v) is 9.99. The molecular weight excluding hydrogens is 236 g/mol. The Balaban J connectivity index is 2.83. The molecule has 1 rings (SSSR count). The fourth-order valence-electron chi connectivity index (χ4n) is 1.79.